The Morgan fingerprint density at radius 2 is 2.00 bits per heavy atom. The smallest absolute Gasteiger partial charge is 0.262 e. The fourth-order valence-corrected chi connectivity index (χ4v) is 2.84. The van der Waals surface area contributed by atoms with Crippen LogP contribution in [0.4, 0.5) is 11.4 Å². The standard InChI is InChI=1S/C17H18N2O2/c1-21-16-13(8-4-9-14(16)18)17(20)19-11-5-7-12-6-2-3-10-15(12)19/h2-4,6,8-10H,5,7,11,18H2,1H3. The van der Waals surface area contributed by atoms with E-state index in [1.165, 1.54) is 12.7 Å². The van der Waals surface area contributed by atoms with Crippen LogP contribution in [0.2, 0.25) is 0 Å². The van der Waals surface area contributed by atoms with E-state index in [4.69, 9.17) is 10.5 Å². The molecular formula is C17H18N2O2. The van der Waals surface area contributed by atoms with E-state index in [9.17, 15) is 4.79 Å². The van der Waals surface area contributed by atoms with Gasteiger partial charge in [-0.3, -0.25) is 4.79 Å². The first-order valence-corrected chi connectivity index (χ1v) is 7.04. The van der Waals surface area contributed by atoms with Gasteiger partial charge in [0, 0.05) is 12.2 Å². The molecule has 21 heavy (non-hydrogen) atoms. The number of amides is 1. The fraction of sp³-hybridized carbons (Fsp3) is 0.235. The molecule has 0 aliphatic carbocycles. The average molecular weight is 282 g/mol. The lowest BCUT2D eigenvalue weighted by molar-refractivity contribution is 0.0982. The van der Waals surface area contributed by atoms with Crippen molar-refractivity contribution in [3.05, 3.63) is 53.6 Å². The molecule has 3 rings (SSSR count). The molecule has 1 heterocycles. The molecule has 4 heteroatoms. The van der Waals surface area contributed by atoms with E-state index >= 15 is 0 Å². The number of aryl methyl sites for hydroxylation is 1. The van der Waals surface area contributed by atoms with Gasteiger partial charge in [0.1, 0.15) is 0 Å². The first kappa shape index (κ1) is 13.5. The highest BCUT2D eigenvalue weighted by molar-refractivity contribution is 6.09. The normalized spacial score (nSPS) is 13.7. The topological polar surface area (TPSA) is 55.6 Å². The van der Waals surface area contributed by atoms with Gasteiger partial charge in [0.25, 0.3) is 5.91 Å². The van der Waals surface area contributed by atoms with Gasteiger partial charge in [0.15, 0.2) is 5.75 Å². The van der Waals surface area contributed by atoms with E-state index in [0.29, 0.717) is 23.5 Å². The van der Waals surface area contributed by atoms with E-state index < -0.39 is 0 Å². The van der Waals surface area contributed by atoms with E-state index in [1.54, 1.807) is 18.2 Å². The molecule has 0 aromatic heterocycles. The van der Waals surface area contributed by atoms with Crippen LogP contribution >= 0.6 is 0 Å². The Morgan fingerprint density at radius 1 is 1.19 bits per heavy atom. The third-order valence-corrected chi connectivity index (χ3v) is 3.84. The monoisotopic (exact) mass is 282 g/mol. The van der Waals surface area contributed by atoms with Crippen molar-refractivity contribution in [3.8, 4) is 5.75 Å². The Labute approximate surface area is 124 Å². The van der Waals surface area contributed by atoms with E-state index in [-0.39, 0.29) is 5.91 Å². The number of hydrogen-bond donors (Lipinski definition) is 1. The molecule has 1 amide bonds. The first-order chi connectivity index (χ1) is 10.2. The number of carbonyl (C=O) groups excluding carboxylic acids is 1. The number of hydrogen-bond acceptors (Lipinski definition) is 3. The summed E-state index contributed by atoms with van der Waals surface area (Å²) in [7, 11) is 1.53. The van der Waals surface area contributed by atoms with Crippen LogP contribution in [-0.4, -0.2) is 19.6 Å². The number of carbonyl (C=O) groups is 1. The maximum Gasteiger partial charge on any atom is 0.262 e. The molecule has 0 spiro atoms. The lowest BCUT2D eigenvalue weighted by Crippen LogP contribution is -2.35. The van der Waals surface area contributed by atoms with Crippen molar-refractivity contribution in [3.63, 3.8) is 0 Å². The molecule has 0 radical (unpaired) electrons. The van der Waals surface area contributed by atoms with Crippen LogP contribution < -0.4 is 15.4 Å². The number of ether oxygens (including phenoxy) is 1. The van der Waals surface area contributed by atoms with Gasteiger partial charge in [0.2, 0.25) is 0 Å². The van der Waals surface area contributed by atoms with Gasteiger partial charge in [0.05, 0.1) is 18.4 Å². The van der Waals surface area contributed by atoms with Crippen molar-refractivity contribution in [2.45, 2.75) is 12.8 Å². The van der Waals surface area contributed by atoms with Crippen molar-refractivity contribution >= 4 is 17.3 Å². The van der Waals surface area contributed by atoms with Crippen molar-refractivity contribution < 1.29 is 9.53 Å². The molecule has 0 bridgehead atoms. The molecule has 0 atom stereocenters. The molecule has 2 aromatic carbocycles. The average Bonchev–Trinajstić information content (AvgIpc) is 2.53. The Morgan fingerprint density at radius 3 is 2.81 bits per heavy atom. The summed E-state index contributed by atoms with van der Waals surface area (Å²) in [6.45, 7) is 0.716. The van der Waals surface area contributed by atoms with Crippen LogP contribution in [0, 0.1) is 0 Å². The van der Waals surface area contributed by atoms with Gasteiger partial charge in [-0.1, -0.05) is 24.3 Å². The lowest BCUT2D eigenvalue weighted by Gasteiger charge is -2.30. The lowest BCUT2D eigenvalue weighted by atomic mass is 10.0. The van der Waals surface area contributed by atoms with Gasteiger partial charge in [-0.05, 0) is 36.6 Å². The number of nitrogen functional groups attached to an aromatic ring is 1. The third kappa shape index (κ3) is 2.33. The zero-order valence-electron chi connectivity index (χ0n) is 12.0. The first-order valence-electron chi connectivity index (χ1n) is 7.04. The van der Waals surface area contributed by atoms with Crippen molar-refractivity contribution in [2.24, 2.45) is 0 Å². The molecular weight excluding hydrogens is 264 g/mol. The highest BCUT2D eigenvalue weighted by Gasteiger charge is 2.25. The summed E-state index contributed by atoms with van der Waals surface area (Å²) in [5.41, 5.74) is 9.08. The fourth-order valence-electron chi connectivity index (χ4n) is 2.84. The Hall–Kier alpha value is -2.49. The van der Waals surface area contributed by atoms with Gasteiger partial charge in [-0.2, -0.15) is 0 Å². The van der Waals surface area contributed by atoms with Gasteiger partial charge in [-0.25, -0.2) is 0 Å². The minimum Gasteiger partial charge on any atom is -0.494 e. The molecule has 4 nitrogen and oxygen atoms in total. The van der Waals surface area contributed by atoms with Crippen molar-refractivity contribution in [1.29, 1.82) is 0 Å². The second-order valence-corrected chi connectivity index (χ2v) is 5.12. The predicted octanol–water partition coefficient (Wildman–Crippen LogP) is 2.87. The predicted molar refractivity (Wildman–Crippen MR) is 83.8 cm³/mol. The zero-order chi connectivity index (χ0) is 14.8. The van der Waals surface area contributed by atoms with Crippen molar-refractivity contribution in [1.82, 2.24) is 0 Å². The molecule has 0 unspecified atom stereocenters. The van der Waals surface area contributed by atoms with Gasteiger partial charge >= 0.3 is 0 Å². The minimum absolute atomic E-state index is 0.0636. The minimum atomic E-state index is -0.0636. The number of nitrogens with two attached hydrogens (primary N) is 1. The highest BCUT2D eigenvalue weighted by atomic mass is 16.5. The molecule has 2 N–H and O–H groups in total. The Balaban J connectivity index is 2.03. The number of methoxy groups -OCH3 is 1. The van der Waals surface area contributed by atoms with Gasteiger partial charge < -0.3 is 15.4 Å². The maximum absolute atomic E-state index is 12.9. The van der Waals surface area contributed by atoms with Crippen LogP contribution in [0.3, 0.4) is 0 Å². The van der Waals surface area contributed by atoms with Crippen LogP contribution in [-0.2, 0) is 6.42 Å². The molecule has 0 fully saturated rings. The number of benzene rings is 2. The van der Waals surface area contributed by atoms with Crippen molar-refractivity contribution in [2.75, 3.05) is 24.3 Å². The van der Waals surface area contributed by atoms with E-state index in [0.717, 1.165) is 18.5 Å². The van der Waals surface area contributed by atoms with E-state index in [2.05, 4.69) is 6.07 Å². The number of para-hydroxylation sites is 2. The molecule has 1 aliphatic heterocycles. The number of anilines is 2. The van der Waals surface area contributed by atoms with Crippen LogP contribution in [0.25, 0.3) is 0 Å². The maximum atomic E-state index is 12.9. The largest absolute Gasteiger partial charge is 0.494 e. The number of rotatable bonds is 2. The summed E-state index contributed by atoms with van der Waals surface area (Å²) in [4.78, 5) is 14.7. The summed E-state index contributed by atoms with van der Waals surface area (Å²) in [5, 5.41) is 0. The summed E-state index contributed by atoms with van der Waals surface area (Å²) >= 11 is 0. The highest BCUT2D eigenvalue weighted by Crippen LogP contribution is 2.32. The second kappa shape index (κ2) is 5.48. The summed E-state index contributed by atoms with van der Waals surface area (Å²) in [6, 6.07) is 13.3. The summed E-state index contributed by atoms with van der Waals surface area (Å²) < 4.78 is 5.30. The van der Waals surface area contributed by atoms with Crippen LogP contribution in [0.15, 0.2) is 42.5 Å². The molecule has 108 valence electrons. The summed E-state index contributed by atoms with van der Waals surface area (Å²) in [5.74, 6) is 0.386. The molecule has 1 aliphatic rings. The third-order valence-electron chi connectivity index (χ3n) is 3.84. The Kier molecular flexibility index (Phi) is 3.52. The second-order valence-electron chi connectivity index (χ2n) is 5.12. The molecule has 0 saturated heterocycles. The summed E-state index contributed by atoms with van der Waals surface area (Å²) in [6.07, 6.45) is 1.97. The van der Waals surface area contributed by atoms with Gasteiger partial charge in [-0.15, -0.1) is 0 Å². The number of nitrogens with zero attached hydrogens (tertiary/aromatic N) is 1. The molecule has 2 aromatic rings. The number of fused-ring (bicyclic) bond motifs is 1. The van der Waals surface area contributed by atoms with Crippen LogP contribution in [0.5, 0.6) is 5.75 Å². The van der Waals surface area contributed by atoms with E-state index in [1.807, 2.05) is 23.1 Å². The quantitative estimate of drug-likeness (QED) is 0.862. The molecule has 0 saturated carbocycles. The zero-order valence-corrected chi connectivity index (χ0v) is 12.0. The van der Waals surface area contributed by atoms with Crippen LogP contribution in [0.1, 0.15) is 22.3 Å². The SMILES string of the molecule is COc1c(N)cccc1C(=O)N1CCCc2ccccc21. The Bertz CT molecular complexity index is 682.